The average molecular weight is 663 g/mol. The zero-order valence-electron chi connectivity index (χ0n) is 32.4. The zero-order chi connectivity index (χ0) is 33.2. The van der Waals surface area contributed by atoms with E-state index < -0.39 is 0 Å². The summed E-state index contributed by atoms with van der Waals surface area (Å²) in [4.78, 5) is 0. The topological polar surface area (TPSA) is 0 Å². The Hall–Kier alpha value is 0.0800. The molecule has 2 heteroatoms. The second kappa shape index (κ2) is 11.3. The number of benzene rings is 1. The Labute approximate surface area is 288 Å². The fourth-order valence-corrected chi connectivity index (χ4v) is 22.5. The van der Waals surface area contributed by atoms with Gasteiger partial charge in [0.05, 0.1) is 0 Å². The minimum atomic E-state index is -0.193. The smallest absolute Gasteiger partial charge is 0.00601 e. The van der Waals surface area contributed by atoms with Crippen molar-refractivity contribution in [2.24, 2.45) is 35.5 Å². The molecule has 1 aromatic rings. The molecule has 0 N–H and O–H groups in total. The van der Waals surface area contributed by atoms with Crippen molar-refractivity contribution < 1.29 is 0 Å². The van der Waals surface area contributed by atoms with Crippen molar-refractivity contribution in [2.45, 2.75) is 204 Å². The van der Waals surface area contributed by atoms with Crippen LogP contribution in [0.1, 0.15) is 182 Å². The maximum Gasteiger partial charge on any atom is -0.00601 e. The lowest BCUT2D eigenvalue weighted by molar-refractivity contribution is 0.0184. The van der Waals surface area contributed by atoms with E-state index in [1.54, 1.807) is 93.7 Å². The molecule has 8 bridgehead atoms. The van der Waals surface area contributed by atoms with Crippen molar-refractivity contribution in [3.05, 3.63) is 34.4 Å². The molecule has 0 saturated heterocycles. The minimum Gasteiger partial charge on any atom is -0.0911 e. The Morgan fingerprint density at radius 1 is 0.478 bits per heavy atom. The first-order valence-corrected chi connectivity index (χ1v) is 22.9. The predicted octanol–water partition coefficient (Wildman–Crippen LogP) is 13.8. The van der Waals surface area contributed by atoms with E-state index in [0.717, 1.165) is 35.5 Å². The van der Waals surface area contributed by atoms with E-state index in [2.05, 4.69) is 95.2 Å². The molecule has 0 heterocycles. The molecule has 9 rings (SSSR count). The van der Waals surface area contributed by atoms with Gasteiger partial charge in [-0.2, -0.15) is 0 Å². The van der Waals surface area contributed by atoms with Gasteiger partial charge in [-0.1, -0.05) is 111 Å². The van der Waals surface area contributed by atoms with Gasteiger partial charge in [0, 0.05) is 0 Å². The van der Waals surface area contributed by atoms with Gasteiger partial charge in [0.25, 0.3) is 0 Å². The first-order valence-electron chi connectivity index (χ1n) is 19.9. The first kappa shape index (κ1) is 34.5. The van der Waals surface area contributed by atoms with Gasteiger partial charge in [0.1, 0.15) is 0 Å². The second-order valence-electron chi connectivity index (χ2n) is 22.5. The Balaban J connectivity index is 1.39. The van der Waals surface area contributed by atoms with Crippen LogP contribution in [-0.2, 0) is 23.2 Å². The molecule has 8 saturated carbocycles. The van der Waals surface area contributed by atoms with Crippen LogP contribution >= 0.6 is 15.8 Å². The average Bonchev–Trinajstić information content (AvgIpc) is 2.86. The second-order valence-corrected chi connectivity index (χ2v) is 29.4. The molecule has 0 amide bonds. The Kier molecular flexibility index (Phi) is 8.47. The van der Waals surface area contributed by atoms with E-state index in [-0.39, 0.29) is 26.7 Å². The molecule has 8 aliphatic carbocycles. The highest BCUT2D eigenvalue weighted by Crippen LogP contribution is 2.80. The predicted molar refractivity (Wildman–Crippen MR) is 206 cm³/mol. The van der Waals surface area contributed by atoms with E-state index in [1.807, 2.05) is 5.56 Å². The molecule has 8 aliphatic rings. The highest BCUT2D eigenvalue weighted by molar-refractivity contribution is 7.60. The summed E-state index contributed by atoms with van der Waals surface area (Å²) < 4.78 is 0. The fourth-order valence-electron chi connectivity index (χ4n) is 13.7. The van der Waals surface area contributed by atoms with Crippen LogP contribution in [0.3, 0.4) is 0 Å². The van der Waals surface area contributed by atoms with Crippen molar-refractivity contribution in [1.29, 1.82) is 0 Å². The number of hydrogen-bond acceptors (Lipinski definition) is 0. The third-order valence-corrected chi connectivity index (χ3v) is 22.3. The summed E-state index contributed by atoms with van der Waals surface area (Å²) in [6.45, 7) is 30.2. The number of rotatable bonds is 6. The molecule has 0 aliphatic heterocycles. The molecule has 0 nitrogen and oxygen atoms in total. The fraction of sp³-hybridized carbons (Fsp3) is 0.864. The van der Waals surface area contributed by atoms with Crippen LogP contribution in [0.4, 0.5) is 0 Å². The quantitative estimate of drug-likeness (QED) is 0.266. The van der Waals surface area contributed by atoms with Gasteiger partial charge in [0.15, 0.2) is 0 Å². The van der Waals surface area contributed by atoms with E-state index >= 15 is 0 Å². The summed E-state index contributed by atoms with van der Waals surface area (Å²) in [5.41, 5.74) is 7.21. The lowest BCUT2D eigenvalue weighted by atomic mass is 9.55. The molecule has 1 aromatic carbocycles. The molecule has 46 heavy (non-hydrogen) atoms. The Morgan fingerprint density at radius 2 is 0.761 bits per heavy atom. The third-order valence-electron chi connectivity index (χ3n) is 14.4. The summed E-state index contributed by atoms with van der Waals surface area (Å²) in [5, 5.41) is 2.08. The Bertz CT molecular complexity index is 1170. The monoisotopic (exact) mass is 663 g/mol. The van der Waals surface area contributed by atoms with Crippen LogP contribution in [0.25, 0.3) is 0 Å². The van der Waals surface area contributed by atoms with E-state index in [1.165, 1.54) is 12.3 Å². The molecule has 0 spiro atoms. The maximum absolute atomic E-state index is 2.87. The molecule has 0 unspecified atom stereocenters. The maximum atomic E-state index is 2.87. The zero-order valence-corrected chi connectivity index (χ0v) is 34.2. The summed E-state index contributed by atoms with van der Waals surface area (Å²) >= 11 is 0. The molecule has 0 aromatic heterocycles. The van der Waals surface area contributed by atoms with Crippen molar-refractivity contribution in [2.75, 3.05) is 0 Å². The lowest BCUT2D eigenvalue weighted by Gasteiger charge is -2.67. The number of hydrogen-bond donors (Lipinski definition) is 0. The van der Waals surface area contributed by atoms with Crippen LogP contribution < -0.4 is 0 Å². The van der Waals surface area contributed by atoms with Gasteiger partial charge >= 0.3 is 0 Å². The highest BCUT2D eigenvalue weighted by atomic mass is 31.1. The molecule has 258 valence electrons. The van der Waals surface area contributed by atoms with E-state index in [9.17, 15) is 0 Å². The largest absolute Gasteiger partial charge is 0.0911 e. The lowest BCUT2D eigenvalue weighted by Crippen LogP contribution is -2.56. The molecule has 0 atom stereocenters. The van der Waals surface area contributed by atoms with Crippen LogP contribution in [-0.4, -0.2) is 20.6 Å². The van der Waals surface area contributed by atoms with E-state index in [4.69, 9.17) is 0 Å². The molecular weight excluding hydrogens is 590 g/mol. The first-order chi connectivity index (χ1) is 21.1. The van der Waals surface area contributed by atoms with Gasteiger partial charge in [-0.05, 0) is 179 Å². The Morgan fingerprint density at radius 3 is 1.02 bits per heavy atom. The van der Waals surface area contributed by atoms with Crippen molar-refractivity contribution in [3.8, 4) is 0 Å². The summed E-state index contributed by atoms with van der Waals surface area (Å²) in [6, 6.07) is 5.68. The summed E-state index contributed by atoms with van der Waals surface area (Å²) in [5.74, 6) is 6.38. The van der Waals surface area contributed by atoms with Crippen LogP contribution in [0.2, 0.25) is 0 Å². The molecular formula is C44H72P2. The normalized spacial score (nSPS) is 37.8. The van der Waals surface area contributed by atoms with Gasteiger partial charge in [-0.3, -0.25) is 0 Å². The van der Waals surface area contributed by atoms with Gasteiger partial charge in [-0.25, -0.2) is 0 Å². The standard InChI is InChI=1S/C44H72P2/c1-39(2,3)37-19-35(27-45(41(7,8)9)42(10,11)12)36(20-38(37)40(4,5)6)28-46(43-21-29-13-30(22-43)15-31(14-29)23-43)44-24-32-16-33(25-44)18-34(17-32)26-44/h19-20,29-34H,13-18,21-28H2,1-12H3. The van der Waals surface area contributed by atoms with Crippen LogP contribution in [0.15, 0.2) is 12.1 Å². The third kappa shape index (κ3) is 6.29. The minimum absolute atomic E-state index is 0.0613. The van der Waals surface area contributed by atoms with Gasteiger partial charge in [-0.15, -0.1) is 0 Å². The van der Waals surface area contributed by atoms with Crippen molar-refractivity contribution >= 4 is 15.8 Å². The summed E-state index contributed by atoms with van der Waals surface area (Å²) in [6.07, 6.45) is 22.0. The highest BCUT2D eigenvalue weighted by Gasteiger charge is 2.62. The van der Waals surface area contributed by atoms with Crippen molar-refractivity contribution in [1.82, 2.24) is 0 Å². The van der Waals surface area contributed by atoms with E-state index in [0.29, 0.717) is 20.6 Å². The van der Waals surface area contributed by atoms with Crippen LogP contribution in [0.5, 0.6) is 0 Å². The summed E-state index contributed by atoms with van der Waals surface area (Å²) in [7, 11) is -0.254. The van der Waals surface area contributed by atoms with Crippen LogP contribution in [0, 0.1) is 35.5 Å². The SMILES string of the molecule is CC(C)(C)c1cc(CP(C(C)(C)C)C(C)(C)C)c(CP(C23CC4CC(CC(C4)C2)C3)C23CC4CC(CC(C4)C2)C3)cc1C(C)(C)C. The van der Waals surface area contributed by atoms with Gasteiger partial charge < -0.3 is 0 Å². The molecule has 8 fully saturated rings. The van der Waals surface area contributed by atoms with Gasteiger partial charge in [0.2, 0.25) is 0 Å². The molecule has 0 radical (unpaired) electrons. The van der Waals surface area contributed by atoms with Crippen molar-refractivity contribution in [3.63, 3.8) is 0 Å².